The molecule has 1 aliphatic rings. The number of nitrogens with zero attached hydrogens (tertiary/aromatic N) is 3. The van der Waals surface area contributed by atoms with Gasteiger partial charge in [-0.15, -0.1) is 0 Å². The van der Waals surface area contributed by atoms with E-state index in [0.29, 0.717) is 37.7 Å². The second-order valence-electron chi connectivity index (χ2n) is 11.3. The van der Waals surface area contributed by atoms with Gasteiger partial charge in [0.2, 0.25) is 0 Å². The lowest BCUT2D eigenvalue weighted by molar-refractivity contribution is -0.142. The van der Waals surface area contributed by atoms with E-state index in [1.54, 1.807) is 35.2 Å². The number of nitrogens with one attached hydrogen (secondary N) is 1. The lowest BCUT2D eigenvalue weighted by Gasteiger charge is -2.35. The van der Waals surface area contributed by atoms with Crippen LogP contribution >= 0.6 is 23.2 Å². The van der Waals surface area contributed by atoms with Crippen molar-refractivity contribution in [1.82, 2.24) is 10.3 Å². The van der Waals surface area contributed by atoms with Gasteiger partial charge in [-0.05, 0) is 62.7 Å². The quantitative estimate of drug-likeness (QED) is 0.295. The molecule has 2 heterocycles. The molecule has 1 atom stereocenters. The van der Waals surface area contributed by atoms with E-state index in [-0.39, 0.29) is 22.0 Å². The number of rotatable bonds is 9. The Morgan fingerprint density at radius 3 is 2.32 bits per heavy atom. The zero-order chi connectivity index (χ0) is 32.0. The summed E-state index contributed by atoms with van der Waals surface area (Å²) in [6.07, 6.45) is 0.277. The number of amides is 2. The number of methoxy groups -OCH3 is 1. The second-order valence-corrected chi connectivity index (χ2v) is 12.1. The van der Waals surface area contributed by atoms with Crippen LogP contribution in [0.5, 0.6) is 5.75 Å². The van der Waals surface area contributed by atoms with Crippen LogP contribution in [0.2, 0.25) is 10.0 Å². The molecule has 0 saturated carbocycles. The largest absolute Gasteiger partial charge is 0.493 e. The summed E-state index contributed by atoms with van der Waals surface area (Å²) in [7, 11) is 3.22. The highest BCUT2D eigenvalue weighted by Crippen LogP contribution is 2.32. The van der Waals surface area contributed by atoms with E-state index in [1.165, 1.54) is 7.11 Å². The van der Waals surface area contributed by atoms with Crippen LogP contribution in [0.25, 0.3) is 0 Å². The molecule has 0 unspecified atom stereocenters. The topological polar surface area (TPSA) is 110 Å². The molecule has 1 aliphatic heterocycles. The van der Waals surface area contributed by atoms with Crippen LogP contribution in [0.1, 0.15) is 42.4 Å². The van der Waals surface area contributed by atoms with Crippen molar-refractivity contribution in [2.75, 3.05) is 43.7 Å². The number of anilines is 2. The van der Waals surface area contributed by atoms with Crippen molar-refractivity contribution < 1.29 is 28.6 Å². The molecule has 0 radical (unpaired) electrons. The van der Waals surface area contributed by atoms with Gasteiger partial charge in [-0.3, -0.25) is 9.69 Å². The molecule has 0 aliphatic carbocycles. The highest BCUT2D eigenvalue weighted by Gasteiger charge is 2.30. The van der Waals surface area contributed by atoms with Crippen LogP contribution in [0.4, 0.5) is 16.3 Å². The summed E-state index contributed by atoms with van der Waals surface area (Å²) in [6.45, 7) is 7.02. The molecule has 1 aromatic heterocycles. The van der Waals surface area contributed by atoms with Gasteiger partial charge in [0.05, 0.1) is 35.0 Å². The minimum atomic E-state index is -0.957. The maximum Gasteiger partial charge on any atom is 0.416 e. The van der Waals surface area contributed by atoms with Crippen molar-refractivity contribution in [1.29, 1.82) is 0 Å². The van der Waals surface area contributed by atoms with Crippen LogP contribution in [0.15, 0.2) is 54.6 Å². The van der Waals surface area contributed by atoms with E-state index in [0.717, 1.165) is 16.9 Å². The van der Waals surface area contributed by atoms with Crippen molar-refractivity contribution in [3.05, 3.63) is 81.5 Å². The fourth-order valence-corrected chi connectivity index (χ4v) is 5.17. The number of likely N-dealkylation sites (N-methyl/N-ethyl adjacent to an activating group) is 1. The summed E-state index contributed by atoms with van der Waals surface area (Å²) in [6, 6.07) is 14.9. The van der Waals surface area contributed by atoms with E-state index in [4.69, 9.17) is 42.4 Å². The Labute approximate surface area is 267 Å². The van der Waals surface area contributed by atoms with Crippen molar-refractivity contribution in [2.24, 2.45) is 0 Å². The number of hydrogen-bond donors (Lipinski definition) is 1. The molecular formula is C32H36Cl2N4O6. The van der Waals surface area contributed by atoms with Gasteiger partial charge in [-0.25, -0.2) is 14.6 Å². The summed E-state index contributed by atoms with van der Waals surface area (Å²) in [5.74, 6) is 0.0191. The highest BCUT2D eigenvalue weighted by molar-refractivity contribution is 6.39. The third kappa shape index (κ3) is 8.33. The first-order valence-corrected chi connectivity index (χ1v) is 14.9. The number of aromatic nitrogens is 1. The number of carbonyl (C=O) groups excluding carboxylic acids is 3. The molecule has 44 heavy (non-hydrogen) atoms. The number of carbonyl (C=O) groups is 3. The summed E-state index contributed by atoms with van der Waals surface area (Å²) in [5, 5.41) is 3.03. The van der Waals surface area contributed by atoms with Crippen LogP contribution in [0.3, 0.4) is 0 Å². The van der Waals surface area contributed by atoms with Gasteiger partial charge in [0.25, 0.3) is 5.91 Å². The summed E-state index contributed by atoms with van der Waals surface area (Å²) >= 11 is 12.3. The predicted molar refractivity (Wildman–Crippen MR) is 170 cm³/mol. The zero-order valence-corrected chi connectivity index (χ0v) is 26.9. The molecular weight excluding hydrogens is 607 g/mol. The molecule has 0 fully saturated rings. The second kappa shape index (κ2) is 14.2. The molecule has 3 aromatic rings. The zero-order valence-electron chi connectivity index (χ0n) is 25.4. The maximum atomic E-state index is 12.9. The van der Waals surface area contributed by atoms with Crippen LogP contribution in [0, 0.1) is 0 Å². The van der Waals surface area contributed by atoms with Crippen LogP contribution < -0.4 is 19.9 Å². The molecule has 0 saturated heterocycles. The number of hydrogen-bond acceptors (Lipinski definition) is 8. The fourth-order valence-electron chi connectivity index (χ4n) is 4.60. The number of halogens is 2. The Kier molecular flexibility index (Phi) is 10.6. The summed E-state index contributed by atoms with van der Waals surface area (Å²) in [4.78, 5) is 46.6. The number of pyridine rings is 1. The van der Waals surface area contributed by atoms with E-state index < -0.39 is 29.6 Å². The van der Waals surface area contributed by atoms with Crippen LogP contribution in [-0.4, -0.2) is 68.5 Å². The van der Waals surface area contributed by atoms with Crippen LogP contribution in [-0.2, 0) is 27.1 Å². The number of esters is 1. The molecule has 234 valence electrons. The summed E-state index contributed by atoms with van der Waals surface area (Å²) < 4.78 is 16.4. The molecule has 12 heteroatoms. The van der Waals surface area contributed by atoms with E-state index >= 15 is 0 Å². The Morgan fingerprint density at radius 1 is 1.00 bits per heavy atom. The maximum absolute atomic E-state index is 12.9. The van der Waals surface area contributed by atoms with E-state index in [2.05, 4.69) is 10.2 Å². The Hall–Kier alpha value is -4.02. The Balaban J connectivity index is 1.37. The van der Waals surface area contributed by atoms with E-state index in [1.807, 2.05) is 52.1 Å². The van der Waals surface area contributed by atoms with Gasteiger partial charge in [0.15, 0.2) is 5.82 Å². The molecule has 0 bridgehead atoms. The van der Waals surface area contributed by atoms with Crippen molar-refractivity contribution in [3.63, 3.8) is 0 Å². The van der Waals surface area contributed by atoms with Gasteiger partial charge in [-0.1, -0.05) is 41.4 Å². The SMILES string of the molecule is COC(=O)[C@H](Cc1ccc(OCCc2ccc3c(n2)N(C(=O)OC(C)(C)C)CCN3C)cc1)NC(=O)c1c(Cl)cccc1Cl. The number of benzene rings is 2. The first-order chi connectivity index (χ1) is 20.9. The lowest BCUT2D eigenvalue weighted by atomic mass is 10.0. The first kappa shape index (κ1) is 32.9. The van der Waals surface area contributed by atoms with Gasteiger partial charge in [0.1, 0.15) is 17.4 Å². The van der Waals surface area contributed by atoms with Crippen molar-refractivity contribution >= 4 is 52.7 Å². The molecule has 0 spiro atoms. The summed E-state index contributed by atoms with van der Waals surface area (Å²) in [5.41, 5.74) is 1.89. The Bertz CT molecular complexity index is 1490. The molecule has 10 nitrogen and oxygen atoms in total. The molecule has 4 rings (SSSR count). The smallest absolute Gasteiger partial charge is 0.416 e. The Morgan fingerprint density at radius 2 is 1.68 bits per heavy atom. The third-order valence-corrected chi connectivity index (χ3v) is 7.45. The minimum Gasteiger partial charge on any atom is -0.493 e. The van der Waals surface area contributed by atoms with E-state index in [9.17, 15) is 14.4 Å². The monoisotopic (exact) mass is 642 g/mol. The van der Waals surface area contributed by atoms with Gasteiger partial charge >= 0.3 is 12.1 Å². The average molecular weight is 644 g/mol. The molecule has 2 amide bonds. The number of fused-ring (bicyclic) bond motifs is 1. The average Bonchev–Trinajstić information content (AvgIpc) is 2.96. The van der Waals surface area contributed by atoms with Gasteiger partial charge in [-0.2, -0.15) is 0 Å². The first-order valence-electron chi connectivity index (χ1n) is 14.1. The third-order valence-electron chi connectivity index (χ3n) is 6.82. The fraction of sp³-hybridized carbons (Fsp3) is 0.375. The molecule has 1 N–H and O–H groups in total. The van der Waals surface area contributed by atoms with Crippen molar-refractivity contribution in [3.8, 4) is 5.75 Å². The normalized spacial score (nSPS) is 13.5. The standard InChI is InChI=1S/C32H36Cl2N4O6/c1-32(2,3)44-31(41)38-17-16-37(4)26-14-11-21(35-28(26)38)15-18-43-22-12-9-20(10-13-22)19-25(30(40)42-5)36-29(39)27-23(33)7-6-8-24(27)34/h6-14,25H,15-19H2,1-5H3,(H,36,39)/t25-/m0/s1. The predicted octanol–water partition coefficient (Wildman–Crippen LogP) is 5.72. The van der Waals surface area contributed by atoms with Gasteiger partial charge < -0.3 is 24.4 Å². The highest BCUT2D eigenvalue weighted by atomic mass is 35.5. The minimum absolute atomic E-state index is 0.0893. The molecule has 2 aromatic carbocycles. The van der Waals surface area contributed by atoms with Crippen molar-refractivity contribution in [2.45, 2.75) is 45.3 Å². The lowest BCUT2D eigenvalue weighted by Crippen LogP contribution is -2.45. The number of ether oxygens (including phenoxy) is 3. The van der Waals surface area contributed by atoms with Gasteiger partial charge in [0, 0.05) is 38.7 Å².